The number of carboxylic acids is 1. The highest BCUT2D eigenvalue weighted by atomic mass is 32.2. The van der Waals surface area contributed by atoms with Gasteiger partial charge in [-0.05, 0) is 37.3 Å². The zero-order valence-electron chi connectivity index (χ0n) is 12.4. The summed E-state index contributed by atoms with van der Waals surface area (Å²) in [5.74, 6) is -0.471. The highest BCUT2D eigenvalue weighted by Gasteiger charge is 2.43. The maximum Gasteiger partial charge on any atom is 0.330 e. The molecule has 2 amide bonds. The Morgan fingerprint density at radius 2 is 2.22 bits per heavy atom. The van der Waals surface area contributed by atoms with E-state index in [9.17, 15) is 19.5 Å². The second-order valence-corrected chi connectivity index (χ2v) is 8.09. The summed E-state index contributed by atoms with van der Waals surface area (Å²) in [6.07, 6.45) is 0.410. The number of benzene rings is 1. The summed E-state index contributed by atoms with van der Waals surface area (Å²) < 4.78 is 0. The minimum atomic E-state index is -1.20. The van der Waals surface area contributed by atoms with Gasteiger partial charge in [-0.1, -0.05) is 0 Å². The summed E-state index contributed by atoms with van der Waals surface area (Å²) in [4.78, 5) is 36.6. The molecule has 0 aromatic heterocycles. The molecule has 1 fully saturated rings. The van der Waals surface area contributed by atoms with E-state index in [2.05, 4.69) is 10.6 Å². The molecule has 6 nitrogen and oxygen atoms in total. The van der Waals surface area contributed by atoms with E-state index in [0.717, 1.165) is 4.90 Å². The van der Waals surface area contributed by atoms with Crippen LogP contribution in [0.3, 0.4) is 0 Å². The molecular formula is C15H16N2O4S2. The molecule has 1 aromatic carbocycles. The summed E-state index contributed by atoms with van der Waals surface area (Å²) in [6, 6.07) is 5.03. The molecule has 1 aromatic rings. The van der Waals surface area contributed by atoms with Crippen LogP contribution < -0.4 is 10.6 Å². The first kappa shape index (κ1) is 16.2. The second kappa shape index (κ2) is 6.09. The van der Waals surface area contributed by atoms with Gasteiger partial charge in [0.25, 0.3) is 5.91 Å². The van der Waals surface area contributed by atoms with E-state index in [4.69, 9.17) is 0 Å². The second-order valence-electron chi connectivity index (χ2n) is 5.60. The van der Waals surface area contributed by atoms with Crippen LogP contribution in [-0.4, -0.2) is 45.2 Å². The average molecular weight is 352 g/mol. The van der Waals surface area contributed by atoms with Gasteiger partial charge in [0.2, 0.25) is 5.91 Å². The molecule has 0 aliphatic carbocycles. The van der Waals surface area contributed by atoms with Crippen molar-refractivity contribution in [1.29, 1.82) is 0 Å². The zero-order chi connectivity index (χ0) is 16.6. The van der Waals surface area contributed by atoms with E-state index in [1.54, 1.807) is 18.2 Å². The van der Waals surface area contributed by atoms with Gasteiger partial charge in [0.1, 0.15) is 5.54 Å². The number of aliphatic carboxylic acids is 1. The van der Waals surface area contributed by atoms with E-state index < -0.39 is 17.4 Å². The molecular weight excluding hydrogens is 336 g/mol. The molecule has 3 rings (SSSR count). The van der Waals surface area contributed by atoms with Gasteiger partial charge in [0, 0.05) is 16.2 Å². The summed E-state index contributed by atoms with van der Waals surface area (Å²) in [6.45, 7) is 1.82. The third-order valence-corrected chi connectivity index (χ3v) is 6.32. The van der Waals surface area contributed by atoms with Crippen LogP contribution in [0.15, 0.2) is 23.1 Å². The normalized spacial score (nSPS) is 26.3. The van der Waals surface area contributed by atoms with E-state index >= 15 is 0 Å². The number of anilines is 1. The molecule has 2 aliphatic rings. The number of nitrogens with one attached hydrogen (secondary N) is 2. The molecule has 0 saturated carbocycles. The van der Waals surface area contributed by atoms with Crippen molar-refractivity contribution in [3.8, 4) is 0 Å². The molecule has 2 aliphatic heterocycles. The standard InChI is InChI=1S/C15H16N2O4S2/c1-8-12(18)16-10-6-9(2-3-11(10)23-8)13(19)17-15(14(20)21)4-5-22-7-15/h2-3,6,8H,4-5,7H2,1H3,(H,16,18)(H,17,19)(H,20,21). The molecule has 0 spiro atoms. The third kappa shape index (κ3) is 3.05. The molecule has 8 heteroatoms. The predicted octanol–water partition coefficient (Wildman–Crippen LogP) is 1.81. The summed E-state index contributed by atoms with van der Waals surface area (Å²) in [5, 5.41) is 14.7. The van der Waals surface area contributed by atoms with Gasteiger partial charge >= 0.3 is 5.97 Å². The minimum Gasteiger partial charge on any atom is -0.479 e. The molecule has 3 N–H and O–H groups in total. The third-order valence-electron chi connectivity index (χ3n) is 3.96. The van der Waals surface area contributed by atoms with Gasteiger partial charge in [-0.25, -0.2) is 4.79 Å². The van der Waals surface area contributed by atoms with E-state index in [-0.39, 0.29) is 11.2 Å². The molecule has 2 atom stereocenters. The quantitative estimate of drug-likeness (QED) is 0.768. The van der Waals surface area contributed by atoms with Crippen molar-refractivity contribution in [2.75, 3.05) is 16.8 Å². The highest BCUT2D eigenvalue weighted by molar-refractivity contribution is 8.01. The number of fused-ring (bicyclic) bond motifs is 1. The SMILES string of the molecule is CC1Sc2ccc(C(=O)NC3(C(=O)O)CCSC3)cc2NC1=O. The van der Waals surface area contributed by atoms with Crippen molar-refractivity contribution in [2.24, 2.45) is 0 Å². The van der Waals surface area contributed by atoms with Crippen molar-refractivity contribution in [2.45, 2.75) is 29.0 Å². The van der Waals surface area contributed by atoms with E-state index in [1.165, 1.54) is 23.5 Å². The van der Waals surface area contributed by atoms with E-state index in [1.807, 2.05) is 6.92 Å². The van der Waals surface area contributed by atoms with Gasteiger partial charge in [0.05, 0.1) is 10.9 Å². The monoisotopic (exact) mass is 352 g/mol. The Balaban J connectivity index is 1.82. The van der Waals surface area contributed by atoms with Crippen molar-refractivity contribution < 1.29 is 19.5 Å². The number of carboxylic acid groups (broad SMARTS) is 1. The average Bonchev–Trinajstić information content (AvgIpc) is 2.98. The smallest absolute Gasteiger partial charge is 0.330 e. The maximum absolute atomic E-state index is 12.4. The number of hydrogen-bond acceptors (Lipinski definition) is 5. The lowest BCUT2D eigenvalue weighted by atomic mass is 9.98. The summed E-state index contributed by atoms with van der Waals surface area (Å²) in [5.41, 5.74) is -0.267. The largest absolute Gasteiger partial charge is 0.479 e. The van der Waals surface area contributed by atoms with Crippen LogP contribution in [0.4, 0.5) is 5.69 Å². The van der Waals surface area contributed by atoms with Crippen molar-refractivity contribution in [3.05, 3.63) is 23.8 Å². The Morgan fingerprint density at radius 1 is 1.43 bits per heavy atom. The predicted molar refractivity (Wildman–Crippen MR) is 90.2 cm³/mol. The van der Waals surface area contributed by atoms with Crippen LogP contribution >= 0.6 is 23.5 Å². The topological polar surface area (TPSA) is 95.5 Å². The number of hydrogen-bond donors (Lipinski definition) is 3. The van der Waals surface area contributed by atoms with Crippen molar-refractivity contribution in [3.63, 3.8) is 0 Å². The number of rotatable bonds is 3. The van der Waals surface area contributed by atoms with E-state index in [0.29, 0.717) is 29.2 Å². The van der Waals surface area contributed by atoms with Gasteiger partial charge < -0.3 is 15.7 Å². The van der Waals surface area contributed by atoms with Crippen molar-refractivity contribution in [1.82, 2.24) is 5.32 Å². The lowest BCUT2D eigenvalue weighted by molar-refractivity contribution is -0.143. The number of carbonyl (C=O) groups excluding carboxylic acids is 2. The molecule has 0 bridgehead atoms. The summed E-state index contributed by atoms with van der Waals surface area (Å²) in [7, 11) is 0. The van der Waals surface area contributed by atoms with Crippen LogP contribution in [0.5, 0.6) is 0 Å². The fraction of sp³-hybridized carbons (Fsp3) is 0.400. The van der Waals surface area contributed by atoms with Gasteiger partial charge in [-0.2, -0.15) is 11.8 Å². The van der Waals surface area contributed by atoms with Crippen LogP contribution in [0.25, 0.3) is 0 Å². The first-order valence-electron chi connectivity index (χ1n) is 7.16. The first-order valence-corrected chi connectivity index (χ1v) is 9.20. The lowest BCUT2D eigenvalue weighted by Crippen LogP contribution is -2.54. The maximum atomic E-state index is 12.4. The zero-order valence-corrected chi connectivity index (χ0v) is 14.1. The van der Waals surface area contributed by atoms with Crippen LogP contribution in [0.2, 0.25) is 0 Å². The molecule has 23 heavy (non-hydrogen) atoms. The molecule has 122 valence electrons. The molecule has 2 unspecified atom stereocenters. The molecule has 1 saturated heterocycles. The van der Waals surface area contributed by atoms with Gasteiger partial charge in [-0.15, -0.1) is 11.8 Å². The van der Waals surface area contributed by atoms with Crippen LogP contribution in [0, 0.1) is 0 Å². The lowest BCUT2D eigenvalue weighted by Gasteiger charge is -2.25. The minimum absolute atomic E-state index is 0.103. The number of amides is 2. The van der Waals surface area contributed by atoms with Crippen LogP contribution in [0.1, 0.15) is 23.7 Å². The Bertz CT molecular complexity index is 686. The van der Waals surface area contributed by atoms with Gasteiger partial charge in [-0.3, -0.25) is 9.59 Å². The molecule has 0 radical (unpaired) electrons. The molecule has 2 heterocycles. The Hall–Kier alpha value is -1.67. The highest BCUT2D eigenvalue weighted by Crippen LogP contribution is 2.36. The first-order chi connectivity index (χ1) is 10.9. The fourth-order valence-electron chi connectivity index (χ4n) is 2.53. The Morgan fingerprint density at radius 3 is 2.87 bits per heavy atom. The number of thioether (sulfide) groups is 2. The number of carbonyl (C=O) groups is 3. The Labute approximate surface area is 141 Å². The fourth-order valence-corrected chi connectivity index (χ4v) is 4.78. The van der Waals surface area contributed by atoms with Crippen molar-refractivity contribution >= 4 is 47.0 Å². The Kier molecular flexibility index (Phi) is 4.29. The van der Waals surface area contributed by atoms with Gasteiger partial charge in [0.15, 0.2) is 0 Å². The summed E-state index contributed by atoms with van der Waals surface area (Å²) >= 11 is 2.95. The van der Waals surface area contributed by atoms with Crippen LogP contribution in [-0.2, 0) is 9.59 Å².